The maximum absolute atomic E-state index is 12.9. The summed E-state index contributed by atoms with van der Waals surface area (Å²) in [5.74, 6) is -0.781. The van der Waals surface area contributed by atoms with Gasteiger partial charge in [0.2, 0.25) is 0 Å². The van der Waals surface area contributed by atoms with E-state index >= 15 is 0 Å². The summed E-state index contributed by atoms with van der Waals surface area (Å²) in [4.78, 5) is 26.2. The zero-order chi connectivity index (χ0) is 15.0. The molecule has 1 saturated carbocycles. The monoisotopic (exact) mass is 294 g/mol. The van der Waals surface area contributed by atoms with Gasteiger partial charge < -0.3 is 10.2 Å². The highest BCUT2D eigenvalue weighted by atomic mass is 19.3. The van der Waals surface area contributed by atoms with Gasteiger partial charge in [-0.25, -0.2) is 8.78 Å². The van der Waals surface area contributed by atoms with Crippen LogP contribution in [0.25, 0.3) is 0 Å². The van der Waals surface area contributed by atoms with E-state index in [4.69, 9.17) is 0 Å². The number of benzene rings is 1. The average molecular weight is 294 g/mol. The van der Waals surface area contributed by atoms with Crippen LogP contribution in [0.2, 0.25) is 0 Å². The van der Waals surface area contributed by atoms with Crippen LogP contribution in [0.3, 0.4) is 0 Å². The van der Waals surface area contributed by atoms with Crippen molar-refractivity contribution in [2.75, 3.05) is 11.4 Å². The molecule has 6 heteroatoms. The number of amides is 2. The second-order valence-corrected chi connectivity index (χ2v) is 5.57. The van der Waals surface area contributed by atoms with Crippen LogP contribution < -0.4 is 10.2 Å². The molecule has 0 atom stereocenters. The normalized spacial score (nSPS) is 20.6. The van der Waals surface area contributed by atoms with E-state index in [2.05, 4.69) is 5.32 Å². The van der Waals surface area contributed by atoms with E-state index in [9.17, 15) is 18.4 Å². The van der Waals surface area contributed by atoms with Crippen LogP contribution in [0.5, 0.6) is 0 Å². The lowest BCUT2D eigenvalue weighted by molar-refractivity contribution is -0.124. The fourth-order valence-corrected chi connectivity index (χ4v) is 3.24. The van der Waals surface area contributed by atoms with Gasteiger partial charge in [0.25, 0.3) is 18.2 Å². The first-order chi connectivity index (χ1) is 10.0. The topological polar surface area (TPSA) is 49.4 Å². The van der Waals surface area contributed by atoms with Gasteiger partial charge in [-0.15, -0.1) is 0 Å². The molecule has 1 aliphatic carbocycles. The van der Waals surface area contributed by atoms with Crippen LogP contribution in [0, 0.1) is 0 Å². The lowest BCUT2D eigenvalue weighted by Gasteiger charge is -2.31. The van der Waals surface area contributed by atoms with E-state index in [-0.39, 0.29) is 17.2 Å². The van der Waals surface area contributed by atoms with Crippen LogP contribution in [-0.2, 0) is 4.79 Å². The van der Waals surface area contributed by atoms with Gasteiger partial charge in [-0.1, -0.05) is 25.0 Å². The van der Waals surface area contributed by atoms with Crippen molar-refractivity contribution in [3.63, 3.8) is 0 Å². The van der Waals surface area contributed by atoms with Crippen LogP contribution in [-0.4, -0.2) is 30.3 Å². The second kappa shape index (κ2) is 5.09. The van der Waals surface area contributed by atoms with E-state index in [0.717, 1.165) is 17.7 Å². The summed E-state index contributed by atoms with van der Waals surface area (Å²) >= 11 is 0. The van der Waals surface area contributed by atoms with Gasteiger partial charge in [0, 0.05) is 0 Å². The zero-order valence-corrected chi connectivity index (χ0v) is 11.4. The van der Waals surface area contributed by atoms with E-state index in [1.54, 1.807) is 24.3 Å². The minimum atomic E-state index is -2.64. The Morgan fingerprint density at radius 2 is 1.86 bits per heavy atom. The Labute approximate surface area is 121 Å². The molecular weight excluding hydrogens is 278 g/mol. The zero-order valence-electron chi connectivity index (χ0n) is 11.4. The van der Waals surface area contributed by atoms with Crippen LogP contribution in [0.15, 0.2) is 24.3 Å². The molecule has 1 aliphatic heterocycles. The minimum Gasteiger partial charge on any atom is -0.338 e. The molecule has 3 rings (SSSR count). The quantitative estimate of drug-likeness (QED) is 0.910. The van der Waals surface area contributed by atoms with Crippen molar-refractivity contribution < 1.29 is 18.4 Å². The number of hydrogen-bond donors (Lipinski definition) is 1. The number of para-hydroxylation sites is 1. The molecular formula is C15H16F2N2O2. The summed E-state index contributed by atoms with van der Waals surface area (Å²) in [5, 5.41) is 2.79. The number of alkyl halides is 2. The number of rotatable bonds is 2. The Morgan fingerprint density at radius 1 is 1.19 bits per heavy atom. The molecule has 0 unspecified atom stereocenters. The summed E-state index contributed by atoms with van der Waals surface area (Å²) in [6.45, 7) is -0.688. The molecule has 112 valence electrons. The van der Waals surface area contributed by atoms with E-state index in [1.165, 1.54) is 0 Å². The van der Waals surface area contributed by atoms with Crippen molar-refractivity contribution in [2.24, 2.45) is 0 Å². The number of halogens is 2. The Balaban J connectivity index is 2.10. The number of carbonyl (C=O) groups is 2. The van der Waals surface area contributed by atoms with E-state index in [1.807, 2.05) is 0 Å². The van der Waals surface area contributed by atoms with Gasteiger partial charge in [0.05, 0.1) is 17.8 Å². The number of nitrogens with one attached hydrogen (secondary N) is 1. The molecule has 1 aromatic carbocycles. The molecule has 0 aromatic heterocycles. The number of carbonyl (C=O) groups excluding carboxylic acids is 2. The largest absolute Gasteiger partial charge is 0.338 e. The summed E-state index contributed by atoms with van der Waals surface area (Å²) in [6.07, 6.45) is -0.0134. The second-order valence-electron chi connectivity index (χ2n) is 5.57. The van der Waals surface area contributed by atoms with Crippen molar-refractivity contribution in [3.8, 4) is 0 Å². The van der Waals surface area contributed by atoms with Gasteiger partial charge in [0.15, 0.2) is 0 Å². The molecule has 2 amide bonds. The molecule has 1 heterocycles. The molecule has 1 aromatic rings. The lowest BCUT2D eigenvalue weighted by Crippen LogP contribution is -2.57. The van der Waals surface area contributed by atoms with Crippen molar-refractivity contribution in [1.82, 2.24) is 5.32 Å². The SMILES string of the molecule is O=C1NC2(CCCC2)C(=O)N(CC(F)F)c2ccccc21. The Bertz CT molecular complexity index is 583. The Kier molecular flexibility index (Phi) is 3.39. The Morgan fingerprint density at radius 3 is 2.52 bits per heavy atom. The standard InChI is InChI=1S/C15H16F2N2O2/c16-12(17)9-19-11-6-2-1-5-10(11)13(20)18-15(14(19)21)7-3-4-8-15/h1-2,5-6,12H,3-4,7-9H2,(H,18,20). The maximum Gasteiger partial charge on any atom is 0.256 e. The molecule has 2 aliphatic rings. The lowest BCUT2D eigenvalue weighted by atomic mass is 9.95. The average Bonchev–Trinajstić information content (AvgIpc) is 2.90. The molecule has 0 saturated heterocycles. The third kappa shape index (κ3) is 2.28. The number of hydrogen-bond acceptors (Lipinski definition) is 2. The van der Waals surface area contributed by atoms with Crippen molar-refractivity contribution in [1.29, 1.82) is 0 Å². The molecule has 0 bridgehead atoms. The molecule has 4 nitrogen and oxygen atoms in total. The minimum absolute atomic E-state index is 0.268. The van der Waals surface area contributed by atoms with Gasteiger partial charge in [-0.05, 0) is 25.0 Å². The maximum atomic E-state index is 12.9. The molecule has 1 N–H and O–H groups in total. The Hall–Kier alpha value is -1.98. The van der Waals surface area contributed by atoms with E-state index < -0.39 is 24.4 Å². The number of anilines is 1. The summed E-state index contributed by atoms with van der Waals surface area (Å²) < 4.78 is 25.8. The summed E-state index contributed by atoms with van der Waals surface area (Å²) in [6, 6.07) is 6.41. The fraction of sp³-hybridized carbons (Fsp3) is 0.467. The van der Waals surface area contributed by atoms with Crippen LogP contribution in [0.1, 0.15) is 36.0 Å². The number of fused-ring (bicyclic) bond motifs is 1. The first-order valence-electron chi connectivity index (χ1n) is 7.05. The van der Waals surface area contributed by atoms with Gasteiger partial charge in [-0.2, -0.15) is 0 Å². The van der Waals surface area contributed by atoms with Crippen LogP contribution >= 0.6 is 0 Å². The fourth-order valence-electron chi connectivity index (χ4n) is 3.24. The number of nitrogens with zero attached hydrogens (tertiary/aromatic N) is 1. The first kappa shape index (κ1) is 14.0. The van der Waals surface area contributed by atoms with Gasteiger partial charge >= 0.3 is 0 Å². The highest BCUT2D eigenvalue weighted by Gasteiger charge is 2.48. The highest BCUT2D eigenvalue weighted by Crippen LogP contribution is 2.37. The molecule has 1 fully saturated rings. The predicted octanol–water partition coefficient (Wildman–Crippen LogP) is 2.34. The van der Waals surface area contributed by atoms with Crippen molar-refractivity contribution >= 4 is 17.5 Å². The summed E-state index contributed by atoms with van der Waals surface area (Å²) in [7, 11) is 0. The third-order valence-electron chi connectivity index (χ3n) is 4.22. The molecule has 1 spiro atoms. The van der Waals surface area contributed by atoms with E-state index in [0.29, 0.717) is 12.8 Å². The summed E-state index contributed by atoms with van der Waals surface area (Å²) in [5.41, 5.74) is -0.482. The van der Waals surface area contributed by atoms with Crippen molar-refractivity contribution in [2.45, 2.75) is 37.6 Å². The molecule has 21 heavy (non-hydrogen) atoms. The van der Waals surface area contributed by atoms with Crippen LogP contribution in [0.4, 0.5) is 14.5 Å². The third-order valence-corrected chi connectivity index (χ3v) is 4.22. The molecule has 0 radical (unpaired) electrons. The highest BCUT2D eigenvalue weighted by molar-refractivity contribution is 6.12. The van der Waals surface area contributed by atoms with Gasteiger partial charge in [0.1, 0.15) is 5.54 Å². The predicted molar refractivity (Wildman–Crippen MR) is 73.5 cm³/mol. The van der Waals surface area contributed by atoms with Gasteiger partial charge in [-0.3, -0.25) is 9.59 Å². The first-order valence-corrected chi connectivity index (χ1v) is 7.05. The van der Waals surface area contributed by atoms with Crippen molar-refractivity contribution in [3.05, 3.63) is 29.8 Å². The smallest absolute Gasteiger partial charge is 0.256 e.